The molecule has 0 fully saturated rings. The predicted octanol–water partition coefficient (Wildman–Crippen LogP) is 3.89. The zero-order valence-corrected chi connectivity index (χ0v) is 15.9. The van der Waals surface area contributed by atoms with Gasteiger partial charge in [-0.05, 0) is 48.9 Å². The molecule has 3 aromatic rings. The van der Waals surface area contributed by atoms with Crippen molar-refractivity contribution in [2.24, 2.45) is 0 Å². The smallest absolute Gasteiger partial charge is 0.240 e. The second kappa shape index (κ2) is 8.81. The molecule has 0 aliphatic rings. The average molecular weight is 402 g/mol. The molecule has 1 heterocycles. The lowest BCUT2D eigenvalue weighted by Crippen LogP contribution is -2.23. The molecule has 0 spiro atoms. The molecule has 6 nitrogen and oxygen atoms in total. The first-order valence-corrected chi connectivity index (χ1v) is 10.1. The molecule has 0 aliphatic heterocycles. The van der Waals surface area contributed by atoms with Crippen molar-refractivity contribution < 1.29 is 22.3 Å². The Balaban J connectivity index is 1.69. The Kier molecular flexibility index (Phi) is 6.23. The average Bonchev–Trinajstić information content (AvgIpc) is 2.69. The van der Waals surface area contributed by atoms with Gasteiger partial charge in [-0.1, -0.05) is 18.2 Å². The lowest BCUT2D eigenvalue weighted by Gasteiger charge is -2.10. The Morgan fingerprint density at radius 3 is 2.64 bits per heavy atom. The molecule has 0 unspecified atom stereocenters. The molecule has 0 saturated heterocycles. The lowest BCUT2D eigenvalue weighted by molar-refractivity contribution is 0.321. The fourth-order valence-electron chi connectivity index (χ4n) is 2.43. The van der Waals surface area contributed by atoms with Gasteiger partial charge in [0.15, 0.2) is 11.6 Å². The molecule has 0 radical (unpaired) electrons. The van der Waals surface area contributed by atoms with E-state index in [0.717, 1.165) is 6.07 Å². The van der Waals surface area contributed by atoms with Gasteiger partial charge >= 0.3 is 0 Å². The van der Waals surface area contributed by atoms with E-state index in [1.807, 2.05) is 0 Å². The molecule has 28 heavy (non-hydrogen) atoms. The standard InChI is InChI=1S/C20H19FN2O4S/c1-2-26-19-10-9-17(13-18(19)21)28(24,25)23-14-15-6-5-7-16(12-15)27-20-8-3-4-11-22-20/h3-13,23H,2,14H2,1H3. The summed E-state index contributed by atoms with van der Waals surface area (Å²) in [5, 5.41) is 0. The molecule has 0 aliphatic carbocycles. The van der Waals surface area contributed by atoms with Gasteiger partial charge in [-0.2, -0.15) is 0 Å². The quantitative estimate of drug-likeness (QED) is 0.619. The predicted molar refractivity (Wildman–Crippen MR) is 102 cm³/mol. The van der Waals surface area contributed by atoms with E-state index in [-0.39, 0.29) is 23.8 Å². The third kappa shape index (κ3) is 5.05. The van der Waals surface area contributed by atoms with Gasteiger partial charge in [-0.25, -0.2) is 22.5 Å². The van der Waals surface area contributed by atoms with Gasteiger partial charge in [0.1, 0.15) is 5.75 Å². The van der Waals surface area contributed by atoms with Crippen molar-refractivity contribution in [3.8, 4) is 17.4 Å². The molecule has 0 saturated carbocycles. The summed E-state index contributed by atoms with van der Waals surface area (Å²) in [5.74, 6) is 0.254. The molecular formula is C20H19FN2O4S. The summed E-state index contributed by atoms with van der Waals surface area (Å²) < 4.78 is 52.0. The van der Waals surface area contributed by atoms with Crippen LogP contribution in [-0.2, 0) is 16.6 Å². The summed E-state index contributed by atoms with van der Waals surface area (Å²) >= 11 is 0. The Morgan fingerprint density at radius 1 is 1.07 bits per heavy atom. The van der Waals surface area contributed by atoms with E-state index in [1.54, 1.807) is 55.6 Å². The number of ether oxygens (including phenoxy) is 2. The SMILES string of the molecule is CCOc1ccc(S(=O)(=O)NCc2cccc(Oc3ccccn3)c2)cc1F. The number of nitrogens with zero attached hydrogens (tertiary/aromatic N) is 1. The number of nitrogens with one attached hydrogen (secondary N) is 1. The number of rotatable bonds is 8. The van der Waals surface area contributed by atoms with Crippen LogP contribution in [0.4, 0.5) is 4.39 Å². The maximum atomic E-state index is 14.0. The summed E-state index contributed by atoms with van der Waals surface area (Å²) in [6.45, 7) is 2.03. The molecule has 146 valence electrons. The summed E-state index contributed by atoms with van der Waals surface area (Å²) in [7, 11) is -3.88. The minimum atomic E-state index is -3.88. The van der Waals surface area contributed by atoms with E-state index < -0.39 is 15.8 Å². The molecule has 0 atom stereocenters. The van der Waals surface area contributed by atoms with Crippen molar-refractivity contribution >= 4 is 10.0 Å². The van der Waals surface area contributed by atoms with E-state index in [9.17, 15) is 12.8 Å². The minimum absolute atomic E-state index is 0.0146. The molecule has 0 amide bonds. The highest BCUT2D eigenvalue weighted by atomic mass is 32.2. The van der Waals surface area contributed by atoms with Crippen LogP contribution in [0, 0.1) is 5.82 Å². The number of sulfonamides is 1. The van der Waals surface area contributed by atoms with Gasteiger partial charge in [0.25, 0.3) is 0 Å². The second-order valence-corrected chi connectivity index (χ2v) is 7.53. The van der Waals surface area contributed by atoms with E-state index in [4.69, 9.17) is 9.47 Å². The molecule has 0 bridgehead atoms. The van der Waals surface area contributed by atoms with Gasteiger partial charge in [0.2, 0.25) is 15.9 Å². The van der Waals surface area contributed by atoms with E-state index >= 15 is 0 Å². The highest BCUT2D eigenvalue weighted by molar-refractivity contribution is 7.89. The first kappa shape index (κ1) is 19.8. The number of aromatic nitrogens is 1. The van der Waals surface area contributed by atoms with Crippen molar-refractivity contribution in [1.82, 2.24) is 9.71 Å². The number of hydrogen-bond acceptors (Lipinski definition) is 5. The Morgan fingerprint density at radius 2 is 1.93 bits per heavy atom. The topological polar surface area (TPSA) is 77.5 Å². The van der Waals surface area contributed by atoms with Gasteiger partial charge in [0.05, 0.1) is 11.5 Å². The first-order chi connectivity index (χ1) is 13.5. The van der Waals surface area contributed by atoms with Crippen molar-refractivity contribution in [2.75, 3.05) is 6.61 Å². The Bertz CT molecular complexity index is 1040. The lowest BCUT2D eigenvalue weighted by atomic mass is 10.2. The molecule has 2 aromatic carbocycles. The second-order valence-electron chi connectivity index (χ2n) is 5.77. The van der Waals surface area contributed by atoms with Gasteiger partial charge in [0, 0.05) is 18.8 Å². The number of halogens is 1. The molecule has 1 N–H and O–H groups in total. The largest absolute Gasteiger partial charge is 0.491 e. The van der Waals surface area contributed by atoms with Gasteiger partial charge < -0.3 is 9.47 Å². The van der Waals surface area contributed by atoms with Gasteiger partial charge in [-0.3, -0.25) is 0 Å². The van der Waals surface area contributed by atoms with Crippen LogP contribution in [0.25, 0.3) is 0 Å². The highest BCUT2D eigenvalue weighted by Gasteiger charge is 2.16. The fraction of sp³-hybridized carbons (Fsp3) is 0.150. The summed E-state index contributed by atoms with van der Waals surface area (Å²) in [6.07, 6.45) is 1.61. The van der Waals surface area contributed by atoms with E-state index in [2.05, 4.69) is 9.71 Å². The van der Waals surface area contributed by atoms with E-state index in [1.165, 1.54) is 12.1 Å². The van der Waals surface area contributed by atoms with Crippen molar-refractivity contribution in [3.63, 3.8) is 0 Å². The van der Waals surface area contributed by atoms with Crippen LogP contribution in [0.1, 0.15) is 12.5 Å². The van der Waals surface area contributed by atoms with Gasteiger partial charge in [-0.15, -0.1) is 0 Å². The maximum absolute atomic E-state index is 14.0. The Hall–Kier alpha value is -2.97. The van der Waals surface area contributed by atoms with E-state index in [0.29, 0.717) is 17.2 Å². The zero-order valence-electron chi connectivity index (χ0n) is 15.1. The fourth-order valence-corrected chi connectivity index (χ4v) is 3.46. The summed E-state index contributed by atoms with van der Waals surface area (Å²) in [6, 6.07) is 15.8. The highest BCUT2D eigenvalue weighted by Crippen LogP contribution is 2.22. The number of pyridine rings is 1. The minimum Gasteiger partial charge on any atom is -0.491 e. The number of benzene rings is 2. The first-order valence-electron chi connectivity index (χ1n) is 8.58. The van der Waals surface area contributed by atoms with Crippen LogP contribution < -0.4 is 14.2 Å². The van der Waals surface area contributed by atoms with Crippen LogP contribution in [0.3, 0.4) is 0 Å². The van der Waals surface area contributed by atoms with Crippen molar-refractivity contribution in [3.05, 3.63) is 78.2 Å². The number of hydrogen-bond donors (Lipinski definition) is 1. The summed E-state index contributed by atoms with van der Waals surface area (Å²) in [5.41, 5.74) is 0.684. The van der Waals surface area contributed by atoms with Crippen LogP contribution in [0.2, 0.25) is 0 Å². The third-order valence-corrected chi connectivity index (χ3v) is 5.14. The molecule has 3 rings (SSSR count). The van der Waals surface area contributed by atoms with Crippen molar-refractivity contribution in [1.29, 1.82) is 0 Å². The van der Waals surface area contributed by atoms with Crippen LogP contribution in [0.15, 0.2) is 71.8 Å². The normalized spacial score (nSPS) is 11.2. The molecular weight excluding hydrogens is 383 g/mol. The van der Waals surface area contributed by atoms with Crippen LogP contribution >= 0.6 is 0 Å². The monoisotopic (exact) mass is 402 g/mol. The Labute approximate surface area is 163 Å². The molecule has 1 aromatic heterocycles. The third-order valence-electron chi connectivity index (χ3n) is 3.74. The maximum Gasteiger partial charge on any atom is 0.240 e. The zero-order chi connectivity index (χ0) is 20.0. The van der Waals surface area contributed by atoms with Crippen LogP contribution in [-0.4, -0.2) is 20.0 Å². The van der Waals surface area contributed by atoms with Crippen LogP contribution in [0.5, 0.6) is 17.4 Å². The summed E-state index contributed by atoms with van der Waals surface area (Å²) in [4.78, 5) is 3.91. The molecule has 8 heteroatoms. The van der Waals surface area contributed by atoms with Crippen molar-refractivity contribution in [2.45, 2.75) is 18.4 Å².